The molecule has 2 aromatic rings. The molecule has 0 aliphatic heterocycles. The molecule has 5 nitrogen and oxygen atoms in total. The predicted molar refractivity (Wildman–Crippen MR) is 104 cm³/mol. The van der Waals surface area contributed by atoms with Crippen molar-refractivity contribution in [3.63, 3.8) is 0 Å². The molecule has 1 aromatic carbocycles. The molecule has 6 heteroatoms. The van der Waals surface area contributed by atoms with Gasteiger partial charge in [-0.2, -0.15) is 5.26 Å². The Morgan fingerprint density at radius 3 is 2.46 bits per heavy atom. The number of benzene rings is 1. The molecular formula is C20H24N2O3S. The highest BCUT2D eigenvalue weighted by Gasteiger charge is 2.23. The van der Waals surface area contributed by atoms with Gasteiger partial charge in [-0.3, -0.25) is 4.79 Å². The summed E-state index contributed by atoms with van der Waals surface area (Å²) >= 11 is 1.40. The molecule has 0 spiro atoms. The topological polar surface area (TPSA) is 71.3 Å². The maximum Gasteiger partial charge on any atom is 0.225 e. The van der Waals surface area contributed by atoms with E-state index in [0.29, 0.717) is 30.0 Å². The smallest absolute Gasteiger partial charge is 0.225 e. The number of nitrogens with zero attached hydrogens (tertiary/aromatic N) is 1. The molecule has 0 fully saturated rings. The van der Waals surface area contributed by atoms with Crippen molar-refractivity contribution in [2.24, 2.45) is 0 Å². The second-order valence-corrected chi connectivity index (χ2v) is 7.77. The van der Waals surface area contributed by atoms with Gasteiger partial charge in [0.1, 0.15) is 22.6 Å². The Labute approximate surface area is 158 Å². The first kappa shape index (κ1) is 19.8. The molecule has 0 atom stereocenters. The minimum atomic E-state index is -0.128. The second-order valence-electron chi connectivity index (χ2n) is 6.89. The monoisotopic (exact) mass is 372 g/mol. The molecule has 0 aliphatic rings. The third-order valence-corrected chi connectivity index (χ3v) is 4.74. The van der Waals surface area contributed by atoms with Crippen LogP contribution in [0.1, 0.15) is 44.7 Å². The third kappa shape index (κ3) is 5.24. The van der Waals surface area contributed by atoms with Crippen molar-refractivity contribution in [3.05, 3.63) is 40.8 Å². The van der Waals surface area contributed by atoms with Crippen molar-refractivity contribution in [2.45, 2.75) is 39.0 Å². The Kier molecular flexibility index (Phi) is 6.64. The summed E-state index contributed by atoms with van der Waals surface area (Å²) in [5, 5.41) is 14.8. The fourth-order valence-corrected chi connectivity index (χ4v) is 3.55. The normalized spacial score (nSPS) is 10.9. The lowest BCUT2D eigenvalue weighted by atomic mass is 9.86. The lowest BCUT2D eigenvalue weighted by molar-refractivity contribution is -0.116. The summed E-state index contributed by atoms with van der Waals surface area (Å²) in [5.41, 5.74) is 1.39. The highest BCUT2D eigenvalue weighted by atomic mass is 32.1. The van der Waals surface area contributed by atoms with Crippen LogP contribution in [-0.4, -0.2) is 19.6 Å². The van der Waals surface area contributed by atoms with Gasteiger partial charge in [0.05, 0.1) is 19.3 Å². The largest absolute Gasteiger partial charge is 0.497 e. The van der Waals surface area contributed by atoms with Crippen LogP contribution in [0, 0.1) is 11.3 Å². The van der Waals surface area contributed by atoms with E-state index in [0.717, 1.165) is 17.1 Å². The minimum Gasteiger partial charge on any atom is -0.497 e. The first-order chi connectivity index (χ1) is 12.3. The van der Waals surface area contributed by atoms with Gasteiger partial charge in [-0.15, -0.1) is 11.3 Å². The molecule has 0 radical (unpaired) electrons. The zero-order valence-corrected chi connectivity index (χ0v) is 16.4. The molecule has 0 saturated carbocycles. The number of thiophene rings is 1. The molecule has 2 rings (SSSR count). The van der Waals surface area contributed by atoms with Crippen LogP contribution in [0.2, 0.25) is 0 Å². The summed E-state index contributed by atoms with van der Waals surface area (Å²) in [6.07, 6.45) is 0.932. The van der Waals surface area contributed by atoms with Crippen LogP contribution >= 0.6 is 11.3 Å². The maximum absolute atomic E-state index is 12.1. The lowest BCUT2D eigenvalue weighted by Gasteiger charge is -2.17. The second kappa shape index (κ2) is 8.72. The molecule has 0 aliphatic carbocycles. The highest BCUT2D eigenvalue weighted by molar-refractivity contribution is 7.14. The highest BCUT2D eigenvalue weighted by Crippen LogP contribution is 2.35. The quantitative estimate of drug-likeness (QED) is 0.714. The first-order valence-electron chi connectivity index (χ1n) is 8.44. The Bertz CT molecular complexity index is 783. The number of carbonyl (C=O) groups is 1. The number of nitriles is 1. The van der Waals surface area contributed by atoms with Crippen molar-refractivity contribution in [2.75, 3.05) is 19.0 Å². The molecule has 1 heterocycles. The lowest BCUT2D eigenvalue weighted by Crippen LogP contribution is -2.15. The summed E-state index contributed by atoms with van der Waals surface area (Å²) in [4.78, 5) is 12.1. The van der Waals surface area contributed by atoms with Crippen molar-refractivity contribution in [3.8, 4) is 17.6 Å². The van der Waals surface area contributed by atoms with Gasteiger partial charge in [-0.05, 0) is 47.0 Å². The van der Waals surface area contributed by atoms with Crippen LogP contribution in [-0.2, 0) is 10.2 Å². The summed E-state index contributed by atoms with van der Waals surface area (Å²) in [6.45, 7) is 6.61. The Hall–Kier alpha value is -2.52. The van der Waals surface area contributed by atoms with Gasteiger partial charge in [0, 0.05) is 6.42 Å². The van der Waals surface area contributed by atoms with Crippen LogP contribution in [0.15, 0.2) is 29.6 Å². The van der Waals surface area contributed by atoms with Crippen LogP contribution in [0.25, 0.3) is 0 Å². The molecule has 26 heavy (non-hydrogen) atoms. The van der Waals surface area contributed by atoms with Gasteiger partial charge in [0.2, 0.25) is 5.91 Å². The molecule has 1 aromatic heterocycles. The van der Waals surface area contributed by atoms with Crippen molar-refractivity contribution < 1.29 is 14.3 Å². The van der Waals surface area contributed by atoms with Crippen molar-refractivity contribution in [1.82, 2.24) is 0 Å². The molecule has 1 amide bonds. The Morgan fingerprint density at radius 1 is 1.23 bits per heavy atom. The number of carbonyl (C=O) groups excluding carboxylic acids is 1. The number of ether oxygens (including phenoxy) is 2. The van der Waals surface area contributed by atoms with Gasteiger partial charge < -0.3 is 14.8 Å². The average Bonchev–Trinajstić information content (AvgIpc) is 3.02. The van der Waals surface area contributed by atoms with Gasteiger partial charge in [-0.25, -0.2) is 0 Å². The number of rotatable bonds is 7. The summed E-state index contributed by atoms with van der Waals surface area (Å²) in [5.74, 6) is 1.41. The van der Waals surface area contributed by atoms with Gasteiger partial charge in [-0.1, -0.05) is 20.8 Å². The van der Waals surface area contributed by atoms with E-state index in [9.17, 15) is 10.1 Å². The molecule has 0 saturated heterocycles. The van der Waals surface area contributed by atoms with Gasteiger partial charge >= 0.3 is 0 Å². The van der Waals surface area contributed by atoms with E-state index in [-0.39, 0.29) is 11.3 Å². The fraction of sp³-hybridized carbons (Fsp3) is 0.400. The molecule has 0 bridgehead atoms. The average molecular weight is 372 g/mol. The van der Waals surface area contributed by atoms with Crippen LogP contribution < -0.4 is 14.8 Å². The van der Waals surface area contributed by atoms with Crippen LogP contribution in [0.5, 0.6) is 11.5 Å². The first-order valence-corrected chi connectivity index (χ1v) is 9.32. The molecular weight excluding hydrogens is 348 g/mol. The van der Waals surface area contributed by atoms with Crippen molar-refractivity contribution >= 4 is 22.2 Å². The number of anilines is 1. The SMILES string of the molecule is COc1ccc(OCCCC(=O)Nc2scc(C(C)(C)C)c2C#N)cc1. The van der Waals surface area contributed by atoms with E-state index in [1.54, 1.807) is 7.11 Å². The predicted octanol–water partition coefficient (Wildman–Crippen LogP) is 4.72. The number of nitrogens with one attached hydrogen (secondary N) is 1. The zero-order chi connectivity index (χ0) is 19.2. The minimum absolute atomic E-state index is 0.109. The van der Waals surface area contributed by atoms with E-state index in [1.807, 2.05) is 29.6 Å². The molecule has 138 valence electrons. The van der Waals surface area contributed by atoms with E-state index in [1.165, 1.54) is 11.3 Å². The summed E-state index contributed by atoms with van der Waals surface area (Å²) in [6, 6.07) is 9.53. The molecule has 1 N–H and O–H groups in total. The van der Waals surface area contributed by atoms with Gasteiger partial charge in [0.25, 0.3) is 0 Å². The number of methoxy groups -OCH3 is 1. The van der Waals surface area contributed by atoms with E-state index in [4.69, 9.17) is 9.47 Å². The standard InChI is InChI=1S/C20H24N2O3S/c1-20(2,3)17-13-26-19(16(17)12-21)22-18(23)6-5-11-25-15-9-7-14(24-4)8-10-15/h7-10,13H,5-6,11H2,1-4H3,(H,22,23). The van der Waals surface area contributed by atoms with Gasteiger partial charge in [0.15, 0.2) is 0 Å². The Morgan fingerprint density at radius 2 is 1.88 bits per heavy atom. The number of hydrogen-bond donors (Lipinski definition) is 1. The number of hydrogen-bond acceptors (Lipinski definition) is 5. The molecule has 0 unspecified atom stereocenters. The van der Waals surface area contributed by atoms with Crippen molar-refractivity contribution in [1.29, 1.82) is 5.26 Å². The van der Waals surface area contributed by atoms with E-state index >= 15 is 0 Å². The Balaban J connectivity index is 1.82. The zero-order valence-electron chi connectivity index (χ0n) is 15.6. The van der Waals surface area contributed by atoms with E-state index < -0.39 is 0 Å². The third-order valence-electron chi connectivity index (χ3n) is 3.84. The summed E-state index contributed by atoms with van der Waals surface area (Å²) in [7, 11) is 1.62. The summed E-state index contributed by atoms with van der Waals surface area (Å²) < 4.78 is 10.7. The van der Waals surface area contributed by atoms with E-state index in [2.05, 4.69) is 32.2 Å². The number of amides is 1. The fourth-order valence-electron chi connectivity index (χ4n) is 2.40. The van der Waals surface area contributed by atoms with Crippen LogP contribution in [0.4, 0.5) is 5.00 Å². The maximum atomic E-state index is 12.1. The van der Waals surface area contributed by atoms with Crippen LogP contribution in [0.3, 0.4) is 0 Å².